The second-order valence-electron chi connectivity index (χ2n) is 3.52. The minimum absolute atomic E-state index is 0.324. The molecule has 0 amide bonds. The van der Waals surface area contributed by atoms with Gasteiger partial charge in [0.1, 0.15) is 11.6 Å². The summed E-state index contributed by atoms with van der Waals surface area (Å²) in [5.41, 5.74) is 6.11. The van der Waals surface area contributed by atoms with E-state index in [4.69, 9.17) is 10.5 Å². The molecule has 17 heavy (non-hydrogen) atoms. The zero-order valence-electron chi connectivity index (χ0n) is 9.15. The highest BCUT2D eigenvalue weighted by Gasteiger charge is 2.07. The summed E-state index contributed by atoms with van der Waals surface area (Å²) in [6, 6.07) is 4.72. The van der Waals surface area contributed by atoms with Crippen LogP contribution in [0.4, 0.5) is 10.2 Å². The molecule has 0 aliphatic rings. The van der Waals surface area contributed by atoms with Gasteiger partial charge in [-0.25, -0.2) is 4.39 Å². The van der Waals surface area contributed by atoms with Gasteiger partial charge in [-0.1, -0.05) is 6.07 Å². The van der Waals surface area contributed by atoms with Gasteiger partial charge in [-0.05, 0) is 22.0 Å². The Morgan fingerprint density at radius 3 is 2.82 bits per heavy atom. The Balaban J connectivity index is 2.24. The highest BCUT2D eigenvalue weighted by atomic mass is 79.9. The molecule has 6 heteroatoms. The van der Waals surface area contributed by atoms with E-state index in [1.54, 1.807) is 23.0 Å². The zero-order valence-corrected chi connectivity index (χ0v) is 10.7. The SMILES string of the molecule is COc1ccc(Cn2cc(Br)c(N)n2)c(F)c1. The van der Waals surface area contributed by atoms with Gasteiger partial charge >= 0.3 is 0 Å². The van der Waals surface area contributed by atoms with Crippen LogP contribution in [0.5, 0.6) is 5.75 Å². The number of rotatable bonds is 3. The highest BCUT2D eigenvalue weighted by molar-refractivity contribution is 9.10. The van der Waals surface area contributed by atoms with Crippen LogP contribution in [0.1, 0.15) is 5.56 Å². The summed E-state index contributed by atoms with van der Waals surface area (Å²) in [6.45, 7) is 0.325. The van der Waals surface area contributed by atoms with Crippen molar-refractivity contribution in [1.82, 2.24) is 9.78 Å². The maximum absolute atomic E-state index is 13.7. The third kappa shape index (κ3) is 2.58. The molecule has 1 aromatic heterocycles. The third-order valence-corrected chi connectivity index (χ3v) is 2.95. The molecule has 4 nitrogen and oxygen atoms in total. The number of hydrogen-bond acceptors (Lipinski definition) is 3. The van der Waals surface area contributed by atoms with Crippen molar-refractivity contribution in [3.8, 4) is 5.75 Å². The summed E-state index contributed by atoms with van der Waals surface area (Å²) in [5.74, 6) is 0.556. The van der Waals surface area contributed by atoms with Crippen molar-refractivity contribution in [3.63, 3.8) is 0 Å². The Kier molecular flexibility index (Phi) is 3.33. The van der Waals surface area contributed by atoms with E-state index in [0.717, 1.165) is 0 Å². The van der Waals surface area contributed by atoms with Gasteiger partial charge in [0.2, 0.25) is 0 Å². The molecule has 0 atom stereocenters. The van der Waals surface area contributed by atoms with Gasteiger partial charge in [0, 0.05) is 17.8 Å². The first-order valence-corrected chi connectivity index (χ1v) is 5.70. The highest BCUT2D eigenvalue weighted by Crippen LogP contribution is 2.20. The monoisotopic (exact) mass is 299 g/mol. The van der Waals surface area contributed by atoms with Crippen LogP contribution in [0.15, 0.2) is 28.9 Å². The van der Waals surface area contributed by atoms with Gasteiger partial charge in [0.05, 0.1) is 18.1 Å². The van der Waals surface area contributed by atoms with Crippen molar-refractivity contribution in [2.75, 3.05) is 12.8 Å². The fourth-order valence-corrected chi connectivity index (χ4v) is 1.77. The van der Waals surface area contributed by atoms with Crippen LogP contribution < -0.4 is 10.5 Å². The van der Waals surface area contributed by atoms with Crippen LogP contribution in [-0.2, 0) is 6.54 Å². The molecule has 0 aliphatic heterocycles. The molecule has 2 N–H and O–H groups in total. The predicted molar refractivity (Wildman–Crippen MR) is 66.4 cm³/mol. The fraction of sp³-hybridized carbons (Fsp3) is 0.182. The number of benzene rings is 1. The number of nitrogens with two attached hydrogens (primary N) is 1. The summed E-state index contributed by atoms with van der Waals surface area (Å²) in [4.78, 5) is 0. The lowest BCUT2D eigenvalue weighted by Gasteiger charge is -2.05. The Bertz CT molecular complexity index is 522. The molecule has 1 aromatic carbocycles. The summed E-state index contributed by atoms with van der Waals surface area (Å²) in [6.07, 6.45) is 1.71. The van der Waals surface area contributed by atoms with Gasteiger partial charge in [0.25, 0.3) is 0 Å². The van der Waals surface area contributed by atoms with E-state index in [1.807, 2.05) is 0 Å². The third-order valence-electron chi connectivity index (χ3n) is 2.34. The molecule has 0 bridgehead atoms. The second-order valence-corrected chi connectivity index (χ2v) is 4.37. The van der Waals surface area contributed by atoms with Gasteiger partial charge in [-0.15, -0.1) is 0 Å². The number of methoxy groups -OCH3 is 1. The number of hydrogen-bond donors (Lipinski definition) is 1. The van der Waals surface area contributed by atoms with E-state index in [9.17, 15) is 4.39 Å². The lowest BCUT2D eigenvalue weighted by molar-refractivity contribution is 0.410. The number of nitrogens with zero attached hydrogens (tertiary/aromatic N) is 2. The van der Waals surface area contributed by atoms with Crippen LogP contribution in [0.3, 0.4) is 0 Å². The molecule has 0 fully saturated rings. The molecule has 0 unspecified atom stereocenters. The quantitative estimate of drug-likeness (QED) is 0.947. The van der Waals surface area contributed by atoms with Crippen molar-refractivity contribution in [3.05, 3.63) is 40.2 Å². The molecule has 0 aliphatic carbocycles. The van der Waals surface area contributed by atoms with E-state index in [1.165, 1.54) is 13.2 Å². The minimum atomic E-state index is -0.324. The molecule has 2 rings (SSSR count). The summed E-state index contributed by atoms with van der Waals surface area (Å²) in [5, 5.41) is 4.04. The average molecular weight is 300 g/mol. The average Bonchev–Trinajstić information content (AvgIpc) is 2.61. The van der Waals surface area contributed by atoms with Gasteiger partial charge in [-0.2, -0.15) is 5.10 Å². The molecular weight excluding hydrogens is 289 g/mol. The molecule has 2 aromatic rings. The molecule has 0 saturated heterocycles. The van der Waals surface area contributed by atoms with E-state index in [-0.39, 0.29) is 5.82 Å². The largest absolute Gasteiger partial charge is 0.497 e. The topological polar surface area (TPSA) is 53.1 Å². The van der Waals surface area contributed by atoms with E-state index in [2.05, 4.69) is 21.0 Å². The smallest absolute Gasteiger partial charge is 0.159 e. The first-order valence-electron chi connectivity index (χ1n) is 4.91. The molecule has 1 heterocycles. The van der Waals surface area contributed by atoms with Gasteiger partial charge in [0.15, 0.2) is 5.82 Å². The normalized spacial score (nSPS) is 10.5. The van der Waals surface area contributed by atoms with Crippen molar-refractivity contribution in [2.45, 2.75) is 6.54 Å². The molecule has 0 radical (unpaired) electrons. The van der Waals surface area contributed by atoms with Crippen molar-refractivity contribution < 1.29 is 9.13 Å². The van der Waals surface area contributed by atoms with Crippen molar-refractivity contribution >= 4 is 21.7 Å². The first-order chi connectivity index (χ1) is 8.10. The summed E-state index contributed by atoms with van der Waals surface area (Å²) < 4.78 is 20.9. The van der Waals surface area contributed by atoms with Crippen LogP contribution in [0, 0.1) is 5.82 Å². The van der Waals surface area contributed by atoms with Crippen molar-refractivity contribution in [2.24, 2.45) is 0 Å². The van der Waals surface area contributed by atoms with Gasteiger partial charge < -0.3 is 10.5 Å². The zero-order chi connectivity index (χ0) is 12.4. The van der Waals surface area contributed by atoms with Crippen LogP contribution in [-0.4, -0.2) is 16.9 Å². The van der Waals surface area contributed by atoms with E-state index in [0.29, 0.717) is 28.1 Å². The van der Waals surface area contributed by atoms with Crippen LogP contribution >= 0.6 is 15.9 Å². The summed E-state index contributed by atoms with van der Waals surface area (Å²) in [7, 11) is 1.50. The number of nitrogen functional groups attached to an aromatic ring is 1. The lowest BCUT2D eigenvalue weighted by Crippen LogP contribution is -2.03. The predicted octanol–water partition coefficient (Wildman–Crippen LogP) is 2.42. The van der Waals surface area contributed by atoms with Crippen LogP contribution in [0.2, 0.25) is 0 Å². The number of anilines is 1. The Labute approximate surface area is 106 Å². The molecular formula is C11H11BrFN3O. The number of ether oxygens (including phenoxy) is 1. The second kappa shape index (κ2) is 4.75. The minimum Gasteiger partial charge on any atom is -0.497 e. The Morgan fingerprint density at radius 2 is 2.29 bits per heavy atom. The van der Waals surface area contributed by atoms with Crippen LogP contribution in [0.25, 0.3) is 0 Å². The lowest BCUT2D eigenvalue weighted by atomic mass is 10.2. The number of aromatic nitrogens is 2. The summed E-state index contributed by atoms with van der Waals surface area (Å²) >= 11 is 3.25. The standard InChI is InChI=1S/C11H11BrFN3O/c1-17-8-3-2-7(10(13)4-8)5-16-6-9(12)11(14)15-16/h2-4,6H,5H2,1H3,(H2,14,15). The number of halogens is 2. The maximum atomic E-state index is 13.7. The molecule has 0 saturated carbocycles. The van der Waals surface area contributed by atoms with Crippen molar-refractivity contribution in [1.29, 1.82) is 0 Å². The van der Waals surface area contributed by atoms with E-state index >= 15 is 0 Å². The van der Waals surface area contributed by atoms with E-state index < -0.39 is 0 Å². The maximum Gasteiger partial charge on any atom is 0.159 e. The molecule has 90 valence electrons. The first kappa shape index (κ1) is 11.9. The van der Waals surface area contributed by atoms with Gasteiger partial charge in [-0.3, -0.25) is 4.68 Å². The molecule has 0 spiro atoms. The fourth-order valence-electron chi connectivity index (χ4n) is 1.45. The Morgan fingerprint density at radius 1 is 1.53 bits per heavy atom. The Hall–Kier alpha value is -1.56.